The molecule has 2 aliphatic rings. The third-order valence-electron chi connectivity index (χ3n) is 3.72. The topological polar surface area (TPSA) is 70.7 Å². The fraction of sp³-hybridized carbons (Fsp3) is 0.846. The summed E-state index contributed by atoms with van der Waals surface area (Å²) in [5.74, 6) is 3.42. The normalized spacial score (nSPS) is 20.0. The Balaban J connectivity index is 0.00000200. The van der Waals surface area contributed by atoms with E-state index in [0.29, 0.717) is 19.0 Å². The third-order valence-corrected chi connectivity index (χ3v) is 4.66. The standard InChI is InChI=1S/C13H24N4OS.HI/c14-13(17-7-9-19-10-8-17)16-6-2-5-15-12(18)11-3-1-4-11;/h11H,1-10H2,(H2,14,16)(H,15,18);1H. The number of amides is 1. The molecule has 5 nitrogen and oxygen atoms in total. The fourth-order valence-corrected chi connectivity index (χ4v) is 3.09. The van der Waals surface area contributed by atoms with E-state index < -0.39 is 0 Å². The van der Waals surface area contributed by atoms with E-state index in [9.17, 15) is 4.79 Å². The van der Waals surface area contributed by atoms with E-state index in [-0.39, 0.29) is 35.8 Å². The SMILES string of the molecule is I.NC(=NCCCNC(=O)C1CCC1)N1CCSCC1. The van der Waals surface area contributed by atoms with Crippen molar-refractivity contribution in [2.75, 3.05) is 37.7 Å². The summed E-state index contributed by atoms with van der Waals surface area (Å²) in [5, 5.41) is 2.97. The zero-order valence-electron chi connectivity index (χ0n) is 11.8. The first-order valence-corrected chi connectivity index (χ1v) is 8.33. The molecule has 7 heteroatoms. The molecule has 0 spiro atoms. The van der Waals surface area contributed by atoms with E-state index in [4.69, 9.17) is 5.73 Å². The molecule has 1 amide bonds. The summed E-state index contributed by atoms with van der Waals surface area (Å²) in [5.41, 5.74) is 5.95. The molecule has 1 saturated heterocycles. The van der Waals surface area contributed by atoms with Crippen LogP contribution in [0.1, 0.15) is 25.7 Å². The summed E-state index contributed by atoms with van der Waals surface area (Å²) < 4.78 is 0. The highest BCUT2D eigenvalue weighted by Crippen LogP contribution is 2.25. The largest absolute Gasteiger partial charge is 0.370 e. The molecule has 1 heterocycles. The predicted molar refractivity (Wildman–Crippen MR) is 95.8 cm³/mol. The summed E-state index contributed by atoms with van der Waals surface area (Å²) in [7, 11) is 0. The zero-order valence-corrected chi connectivity index (χ0v) is 15.0. The molecule has 2 rings (SSSR count). The van der Waals surface area contributed by atoms with Crippen molar-refractivity contribution in [1.29, 1.82) is 0 Å². The van der Waals surface area contributed by atoms with Crippen molar-refractivity contribution in [3.8, 4) is 0 Å². The highest BCUT2D eigenvalue weighted by Gasteiger charge is 2.24. The Morgan fingerprint density at radius 2 is 2.05 bits per heavy atom. The van der Waals surface area contributed by atoms with Crippen molar-refractivity contribution in [3.05, 3.63) is 0 Å². The first-order chi connectivity index (χ1) is 9.27. The molecule has 116 valence electrons. The maximum atomic E-state index is 11.6. The minimum atomic E-state index is 0. The average molecular weight is 412 g/mol. The number of nitrogens with zero attached hydrogens (tertiary/aromatic N) is 2. The molecule has 1 aliphatic heterocycles. The van der Waals surface area contributed by atoms with Gasteiger partial charge in [0, 0.05) is 43.6 Å². The summed E-state index contributed by atoms with van der Waals surface area (Å²) in [4.78, 5) is 18.1. The number of nitrogens with one attached hydrogen (secondary N) is 1. The lowest BCUT2D eigenvalue weighted by Crippen LogP contribution is -2.42. The van der Waals surface area contributed by atoms with E-state index in [1.54, 1.807) is 0 Å². The lowest BCUT2D eigenvalue weighted by atomic mass is 9.85. The lowest BCUT2D eigenvalue weighted by Gasteiger charge is -2.27. The Kier molecular flexibility index (Phi) is 8.67. The van der Waals surface area contributed by atoms with Crippen molar-refractivity contribution in [3.63, 3.8) is 0 Å². The zero-order chi connectivity index (χ0) is 13.5. The van der Waals surface area contributed by atoms with Crippen LogP contribution < -0.4 is 11.1 Å². The number of carbonyl (C=O) groups is 1. The number of carbonyl (C=O) groups excluding carboxylic acids is 1. The molecule has 0 aromatic heterocycles. The molecule has 0 radical (unpaired) electrons. The average Bonchev–Trinajstić information content (AvgIpc) is 2.37. The molecule has 1 aliphatic carbocycles. The molecule has 3 N–H and O–H groups in total. The van der Waals surface area contributed by atoms with Crippen molar-refractivity contribution < 1.29 is 4.79 Å². The van der Waals surface area contributed by atoms with Crippen molar-refractivity contribution >= 4 is 47.6 Å². The van der Waals surface area contributed by atoms with Crippen LogP contribution in [0.4, 0.5) is 0 Å². The molecule has 0 aromatic rings. The maximum Gasteiger partial charge on any atom is 0.223 e. The monoisotopic (exact) mass is 412 g/mol. The Morgan fingerprint density at radius 1 is 1.35 bits per heavy atom. The summed E-state index contributed by atoms with van der Waals surface area (Å²) in [6, 6.07) is 0. The lowest BCUT2D eigenvalue weighted by molar-refractivity contribution is -0.127. The highest BCUT2D eigenvalue weighted by molar-refractivity contribution is 14.0. The summed E-state index contributed by atoms with van der Waals surface area (Å²) >= 11 is 1.96. The minimum absolute atomic E-state index is 0. The second-order valence-electron chi connectivity index (χ2n) is 5.11. The van der Waals surface area contributed by atoms with E-state index in [0.717, 1.165) is 43.9 Å². The molecule has 0 unspecified atom stereocenters. The van der Waals surface area contributed by atoms with Crippen molar-refractivity contribution in [2.45, 2.75) is 25.7 Å². The van der Waals surface area contributed by atoms with Gasteiger partial charge in [-0.05, 0) is 19.3 Å². The van der Waals surface area contributed by atoms with Crippen LogP contribution in [0.2, 0.25) is 0 Å². The third kappa shape index (κ3) is 5.67. The van der Waals surface area contributed by atoms with Gasteiger partial charge < -0.3 is 16.0 Å². The van der Waals surface area contributed by atoms with E-state index in [1.165, 1.54) is 6.42 Å². The number of thioether (sulfide) groups is 1. The van der Waals surface area contributed by atoms with Crippen LogP contribution in [-0.4, -0.2) is 54.5 Å². The smallest absolute Gasteiger partial charge is 0.223 e. The van der Waals surface area contributed by atoms with E-state index >= 15 is 0 Å². The number of hydrogen-bond acceptors (Lipinski definition) is 3. The van der Waals surface area contributed by atoms with E-state index in [1.807, 2.05) is 11.8 Å². The molecule has 2 fully saturated rings. The van der Waals surface area contributed by atoms with Gasteiger partial charge in [0.05, 0.1) is 0 Å². The highest BCUT2D eigenvalue weighted by atomic mass is 127. The molecular weight excluding hydrogens is 387 g/mol. The predicted octanol–water partition coefficient (Wildman–Crippen LogP) is 1.27. The molecule has 20 heavy (non-hydrogen) atoms. The number of halogens is 1. The number of guanidine groups is 1. The Labute approximate surface area is 142 Å². The number of rotatable bonds is 5. The van der Waals surface area contributed by atoms with Crippen LogP contribution in [0.15, 0.2) is 4.99 Å². The van der Waals surface area contributed by atoms with Gasteiger partial charge in [0.15, 0.2) is 5.96 Å². The Morgan fingerprint density at radius 3 is 2.65 bits per heavy atom. The van der Waals surface area contributed by atoms with E-state index in [2.05, 4.69) is 15.2 Å². The molecule has 0 aromatic carbocycles. The summed E-state index contributed by atoms with van der Waals surface area (Å²) in [6.45, 7) is 3.40. The molecule has 0 atom stereocenters. The van der Waals surface area contributed by atoms with Gasteiger partial charge in [-0.3, -0.25) is 9.79 Å². The summed E-state index contributed by atoms with van der Waals surface area (Å²) in [6.07, 6.45) is 4.18. The van der Waals surface area contributed by atoms with Crippen molar-refractivity contribution in [2.24, 2.45) is 16.6 Å². The van der Waals surface area contributed by atoms with Gasteiger partial charge in [-0.15, -0.1) is 24.0 Å². The quantitative estimate of drug-likeness (QED) is 0.309. The molecular formula is C13H25IN4OS. The van der Waals surface area contributed by atoms with Gasteiger partial charge in [-0.1, -0.05) is 6.42 Å². The van der Waals surface area contributed by atoms with Crippen LogP contribution in [0.25, 0.3) is 0 Å². The van der Waals surface area contributed by atoms with Gasteiger partial charge >= 0.3 is 0 Å². The first kappa shape index (κ1) is 17.9. The van der Waals surface area contributed by atoms with Crippen molar-refractivity contribution in [1.82, 2.24) is 10.2 Å². The van der Waals surface area contributed by atoms with Gasteiger partial charge in [-0.2, -0.15) is 11.8 Å². The molecule has 1 saturated carbocycles. The number of nitrogens with two attached hydrogens (primary N) is 1. The number of aliphatic imine (C=N–C) groups is 1. The van der Waals surface area contributed by atoms with Crippen LogP contribution in [0.5, 0.6) is 0 Å². The second-order valence-corrected chi connectivity index (χ2v) is 6.34. The number of hydrogen-bond donors (Lipinski definition) is 2. The minimum Gasteiger partial charge on any atom is -0.370 e. The van der Waals surface area contributed by atoms with Crippen LogP contribution in [0.3, 0.4) is 0 Å². The van der Waals surface area contributed by atoms with Crippen LogP contribution >= 0.6 is 35.7 Å². The van der Waals surface area contributed by atoms with Crippen LogP contribution in [0, 0.1) is 5.92 Å². The Hall–Kier alpha value is -0.180. The van der Waals surface area contributed by atoms with Gasteiger partial charge in [-0.25, -0.2) is 0 Å². The van der Waals surface area contributed by atoms with Gasteiger partial charge in [0.25, 0.3) is 0 Å². The molecule has 0 bridgehead atoms. The van der Waals surface area contributed by atoms with Gasteiger partial charge in [0.1, 0.15) is 0 Å². The Bertz CT molecular complexity index is 330. The van der Waals surface area contributed by atoms with Gasteiger partial charge in [0.2, 0.25) is 5.91 Å². The maximum absolute atomic E-state index is 11.6. The second kappa shape index (κ2) is 9.70. The first-order valence-electron chi connectivity index (χ1n) is 7.17. The van der Waals surface area contributed by atoms with Crippen LogP contribution in [-0.2, 0) is 4.79 Å². The fourth-order valence-electron chi connectivity index (χ4n) is 2.19.